The molecule has 18 heavy (non-hydrogen) atoms. The molecule has 0 nitrogen and oxygen atoms in total. The van der Waals surface area contributed by atoms with Gasteiger partial charge in [-0.05, 0) is 10.4 Å². The topological polar surface area (TPSA) is 0 Å². The summed E-state index contributed by atoms with van der Waals surface area (Å²) in [5.74, 6) is -4.43. The van der Waals surface area contributed by atoms with Crippen LogP contribution in [-0.4, -0.2) is 13.2 Å². The van der Waals surface area contributed by atoms with Crippen LogP contribution in [0.3, 0.4) is 0 Å². The Balaban J connectivity index is 2.63. The molecule has 2 aromatic rings. The van der Waals surface area contributed by atoms with Crippen LogP contribution < -0.4 is 10.4 Å². The maximum Gasteiger partial charge on any atom is 0.386 e. The van der Waals surface area contributed by atoms with Gasteiger partial charge in [0.05, 0.1) is 0 Å². The summed E-state index contributed by atoms with van der Waals surface area (Å²) in [5, 5.41) is 0.315. The largest absolute Gasteiger partial charge is 0.386 e. The van der Waals surface area contributed by atoms with Crippen molar-refractivity contribution in [3.05, 3.63) is 60.7 Å². The molecule has 0 aliphatic carbocycles. The van der Waals surface area contributed by atoms with Gasteiger partial charge in [-0.15, -0.1) is 11.1 Å². The molecule has 0 atom stereocenters. The van der Waals surface area contributed by atoms with Crippen molar-refractivity contribution in [2.75, 3.05) is 0 Å². The second kappa shape index (κ2) is 4.78. The Morgan fingerprint density at radius 3 is 1.33 bits per heavy atom. The third-order valence-electron chi connectivity index (χ3n) is 2.73. The lowest BCUT2D eigenvalue weighted by atomic mass is 10.4. The van der Waals surface area contributed by atoms with Crippen LogP contribution in [0.2, 0.25) is 0 Å². The van der Waals surface area contributed by atoms with Crippen molar-refractivity contribution >= 4 is 28.8 Å². The van der Waals surface area contributed by atoms with Crippen LogP contribution >= 0.6 is 11.1 Å². The lowest BCUT2D eigenvalue weighted by molar-refractivity contribution is -0.0503. The molecule has 0 aromatic heterocycles. The second-order valence-corrected chi connectivity index (χ2v) is 8.63. The Morgan fingerprint density at radius 2 is 1.06 bits per heavy atom. The van der Waals surface area contributed by atoms with E-state index in [9.17, 15) is 13.2 Å². The first-order valence-electron chi connectivity index (χ1n) is 5.33. The molecule has 5 heteroatoms. The van der Waals surface area contributed by atoms with E-state index in [2.05, 4.69) is 0 Å². The molecule has 0 bridgehead atoms. The Labute approximate surface area is 109 Å². The molecule has 0 radical (unpaired) electrons. The number of rotatable bonds is 2. The number of alkyl halides is 3. The van der Waals surface area contributed by atoms with Crippen LogP contribution in [0, 0.1) is 0 Å². The summed E-state index contributed by atoms with van der Waals surface area (Å²) in [7, 11) is -4.23. The van der Waals surface area contributed by atoms with E-state index in [4.69, 9.17) is 11.1 Å². The van der Waals surface area contributed by atoms with E-state index in [1.165, 1.54) is 24.3 Å². The summed E-state index contributed by atoms with van der Waals surface area (Å²) in [6.07, 6.45) is 0. The first-order valence-corrected chi connectivity index (χ1v) is 8.34. The highest BCUT2D eigenvalue weighted by atomic mass is 35.6. The molecule has 0 aliphatic heterocycles. The van der Waals surface area contributed by atoms with Crippen LogP contribution in [0.25, 0.3) is 0 Å². The van der Waals surface area contributed by atoms with Crippen LogP contribution in [-0.2, 0) is 0 Å². The fraction of sp³-hybridized carbons (Fsp3) is 0.0769. The third kappa shape index (κ3) is 2.18. The molecular formula is C13H10ClF3Si. The molecule has 94 valence electrons. The third-order valence-corrected chi connectivity index (χ3v) is 7.72. The van der Waals surface area contributed by atoms with Gasteiger partial charge in [-0.25, -0.2) is 0 Å². The predicted octanol–water partition coefficient (Wildman–Crippen LogP) is 3.09. The lowest BCUT2D eigenvalue weighted by Crippen LogP contribution is -2.64. The molecule has 0 aliphatic rings. The van der Waals surface area contributed by atoms with Gasteiger partial charge in [0, 0.05) is 0 Å². The SMILES string of the molecule is FC(F)(F)[Si](Cl)(c1ccccc1)c1ccccc1. The molecular weight excluding hydrogens is 277 g/mol. The van der Waals surface area contributed by atoms with Gasteiger partial charge in [0.15, 0.2) is 0 Å². The van der Waals surface area contributed by atoms with Gasteiger partial charge in [0.25, 0.3) is 0 Å². The zero-order valence-electron chi connectivity index (χ0n) is 9.29. The van der Waals surface area contributed by atoms with Crippen LogP contribution in [0.15, 0.2) is 60.7 Å². The van der Waals surface area contributed by atoms with Crippen LogP contribution in [0.5, 0.6) is 0 Å². The van der Waals surface area contributed by atoms with Crippen molar-refractivity contribution in [2.45, 2.75) is 5.80 Å². The maximum atomic E-state index is 13.4. The van der Waals surface area contributed by atoms with Crippen LogP contribution in [0.4, 0.5) is 13.2 Å². The molecule has 0 amide bonds. The number of hydrogen-bond acceptors (Lipinski definition) is 0. The van der Waals surface area contributed by atoms with E-state index in [-0.39, 0.29) is 10.4 Å². The van der Waals surface area contributed by atoms with E-state index in [1.807, 2.05) is 0 Å². The average Bonchev–Trinajstić information content (AvgIpc) is 2.38. The Kier molecular flexibility index (Phi) is 3.50. The van der Waals surface area contributed by atoms with Gasteiger partial charge in [-0.2, -0.15) is 13.2 Å². The predicted molar refractivity (Wildman–Crippen MR) is 69.8 cm³/mol. The summed E-state index contributed by atoms with van der Waals surface area (Å²) in [6, 6.07) is 15.4. The molecule has 0 saturated carbocycles. The van der Waals surface area contributed by atoms with Gasteiger partial charge in [-0.1, -0.05) is 60.7 Å². The number of hydrogen-bond donors (Lipinski definition) is 0. The fourth-order valence-electron chi connectivity index (χ4n) is 1.83. The van der Waals surface area contributed by atoms with Gasteiger partial charge >= 0.3 is 13.2 Å². The molecule has 0 fully saturated rings. The quantitative estimate of drug-likeness (QED) is 0.588. The zero-order valence-corrected chi connectivity index (χ0v) is 11.0. The Hall–Kier alpha value is -1.26. The Morgan fingerprint density at radius 1 is 0.722 bits per heavy atom. The second-order valence-electron chi connectivity index (χ2n) is 3.89. The van der Waals surface area contributed by atoms with Crippen molar-refractivity contribution in [2.24, 2.45) is 0 Å². The summed E-state index contributed by atoms with van der Waals surface area (Å²) in [5.41, 5.74) is 0. The molecule has 2 aromatic carbocycles. The standard InChI is InChI=1S/C13H10ClF3Si/c14-18(13(15,16)17,11-7-3-1-4-8-11)12-9-5-2-6-10-12/h1-10H. The normalized spacial score (nSPS) is 12.4. The molecule has 2 rings (SSSR count). The average molecular weight is 287 g/mol. The molecule has 0 N–H and O–H groups in total. The highest BCUT2D eigenvalue weighted by Crippen LogP contribution is 2.31. The highest BCUT2D eigenvalue weighted by molar-refractivity contribution is 7.35. The van der Waals surface area contributed by atoms with Gasteiger partial charge in [-0.3, -0.25) is 0 Å². The van der Waals surface area contributed by atoms with Crippen molar-refractivity contribution in [1.29, 1.82) is 0 Å². The first kappa shape index (κ1) is 13.2. The fourth-order valence-corrected chi connectivity index (χ4v) is 4.88. The Bertz CT molecular complexity index is 471. The van der Waals surface area contributed by atoms with E-state index < -0.39 is 13.2 Å². The molecule has 0 heterocycles. The number of benzene rings is 2. The van der Waals surface area contributed by atoms with Crippen molar-refractivity contribution in [3.8, 4) is 0 Å². The van der Waals surface area contributed by atoms with E-state index in [0.717, 1.165) is 0 Å². The monoisotopic (exact) mass is 286 g/mol. The zero-order chi connectivity index (χ0) is 13.2. The minimum absolute atomic E-state index is 0.158. The summed E-state index contributed by atoms with van der Waals surface area (Å²) < 4.78 is 40.2. The smallest absolute Gasteiger partial charge is 0.174 e. The van der Waals surface area contributed by atoms with E-state index in [1.54, 1.807) is 36.4 Å². The maximum absolute atomic E-state index is 13.4. The lowest BCUT2D eigenvalue weighted by Gasteiger charge is -2.27. The van der Waals surface area contributed by atoms with Gasteiger partial charge < -0.3 is 0 Å². The number of halogens is 4. The van der Waals surface area contributed by atoms with Crippen molar-refractivity contribution < 1.29 is 13.2 Å². The summed E-state index contributed by atoms with van der Waals surface area (Å²) in [4.78, 5) is 0. The molecule has 0 unspecified atom stereocenters. The summed E-state index contributed by atoms with van der Waals surface area (Å²) in [6.45, 7) is 0. The molecule has 0 spiro atoms. The van der Waals surface area contributed by atoms with Gasteiger partial charge in [0.1, 0.15) is 0 Å². The van der Waals surface area contributed by atoms with E-state index >= 15 is 0 Å². The first-order chi connectivity index (χ1) is 8.46. The molecule has 0 saturated heterocycles. The minimum atomic E-state index is -4.43. The van der Waals surface area contributed by atoms with Crippen molar-refractivity contribution in [3.63, 3.8) is 0 Å². The summed E-state index contributed by atoms with van der Waals surface area (Å²) >= 11 is 6.08. The van der Waals surface area contributed by atoms with Crippen LogP contribution in [0.1, 0.15) is 0 Å². The van der Waals surface area contributed by atoms with E-state index in [0.29, 0.717) is 0 Å². The van der Waals surface area contributed by atoms with Crippen molar-refractivity contribution in [1.82, 2.24) is 0 Å². The van der Waals surface area contributed by atoms with Gasteiger partial charge in [0.2, 0.25) is 0 Å². The minimum Gasteiger partial charge on any atom is -0.174 e. The highest BCUT2D eigenvalue weighted by Gasteiger charge is 2.59.